The van der Waals surface area contributed by atoms with Crippen LogP contribution < -0.4 is 5.56 Å². The fourth-order valence-electron chi connectivity index (χ4n) is 2.76. The summed E-state index contributed by atoms with van der Waals surface area (Å²) in [6, 6.07) is 11.0. The molecule has 0 atom stereocenters. The van der Waals surface area contributed by atoms with Crippen LogP contribution in [0.3, 0.4) is 0 Å². The van der Waals surface area contributed by atoms with Crippen molar-refractivity contribution in [2.75, 3.05) is 5.75 Å². The maximum Gasteiger partial charge on any atom is 0.258 e. The monoisotopic (exact) mass is 367 g/mol. The van der Waals surface area contributed by atoms with Gasteiger partial charge in [0, 0.05) is 18.7 Å². The van der Waals surface area contributed by atoms with Crippen LogP contribution in [0.2, 0.25) is 0 Å². The van der Waals surface area contributed by atoms with E-state index in [1.54, 1.807) is 24.1 Å². The van der Waals surface area contributed by atoms with E-state index in [0.717, 1.165) is 23.3 Å². The molecular weight excluding hydrogens is 350 g/mol. The molecule has 132 valence electrons. The third-order valence-corrected chi connectivity index (χ3v) is 4.98. The third kappa shape index (κ3) is 3.15. The van der Waals surface area contributed by atoms with Gasteiger partial charge in [-0.15, -0.1) is 10.2 Å². The van der Waals surface area contributed by atoms with Gasteiger partial charge in [-0.05, 0) is 31.2 Å². The molecule has 0 spiro atoms. The predicted molar refractivity (Wildman–Crippen MR) is 100 cm³/mol. The van der Waals surface area contributed by atoms with Crippen LogP contribution in [0.4, 0.5) is 0 Å². The second-order valence-electron chi connectivity index (χ2n) is 5.66. The maximum absolute atomic E-state index is 12.1. The van der Waals surface area contributed by atoms with Gasteiger partial charge in [-0.2, -0.15) is 0 Å². The normalized spacial score (nSPS) is 11.3. The van der Waals surface area contributed by atoms with Crippen molar-refractivity contribution in [2.45, 2.75) is 25.0 Å². The van der Waals surface area contributed by atoms with Gasteiger partial charge in [-0.1, -0.05) is 23.9 Å². The van der Waals surface area contributed by atoms with E-state index in [9.17, 15) is 4.79 Å². The van der Waals surface area contributed by atoms with Crippen molar-refractivity contribution < 1.29 is 4.42 Å². The van der Waals surface area contributed by atoms with Crippen LogP contribution in [0.15, 0.2) is 57.0 Å². The molecule has 0 unspecified atom stereocenters. The van der Waals surface area contributed by atoms with Gasteiger partial charge in [-0.3, -0.25) is 9.36 Å². The van der Waals surface area contributed by atoms with Gasteiger partial charge < -0.3 is 9.40 Å². The lowest BCUT2D eigenvalue weighted by molar-refractivity contribution is 0.567. The summed E-state index contributed by atoms with van der Waals surface area (Å²) in [5, 5.41) is 9.93. The summed E-state index contributed by atoms with van der Waals surface area (Å²) < 4.78 is 7.43. The minimum Gasteiger partial charge on any atom is -0.461 e. The lowest BCUT2D eigenvalue weighted by Gasteiger charge is -2.06. The Labute approximate surface area is 153 Å². The van der Waals surface area contributed by atoms with Crippen LogP contribution >= 0.6 is 11.8 Å². The van der Waals surface area contributed by atoms with E-state index in [2.05, 4.69) is 20.2 Å². The molecule has 8 heteroatoms. The van der Waals surface area contributed by atoms with Crippen molar-refractivity contribution in [3.8, 4) is 11.6 Å². The number of furan rings is 1. The number of thioether (sulfide) groups is 1. The number of fused-ring (bicyclic) bond motifs is 1. The van der Waals surface area contributed by atoms with Crippen LogP contribution in [0, 0.1) is 0 Å². The number of aromatic nitrogens is 5. The summed E-state index contributed by atoms with van der Waals surface area (Å²) in [4.78, 5) is 19.5. The molecule has 4 aromatic rings. The molecule has 3 heterocycles. The lowest BCUT2D eigenvalue weighted by atomic mass is 10.2. The topological polar surface area (TPSA) is 89.6 Å². The number of aromatic amines is 1. The number of nitrogens with zero attached hydrogens (tertiary/aromatic N) is 4. The average Bonchev–Trinajstić information content (AvgIpc) is 3.31. The lowest BCUT2D eigenvalue weighted by Crippen LogP contribution is -2.12. The number of nitrogens with one attached hydrogen (secondary N) is 1. The first-order valence-corrected chi connectivity index (χ1v) is 9.32. The number of hydrogen-bond donors (Lipinski definition) is 1. The van der Waals surface area contributed by atoms with Crippen molar-refractivity contribution in [1.82, 2.24) is 24.7 Å². The van der Waals surface area contributed by atoms with Crippen LogP contribution in [-0.2, 0) is 13.0 Å². The van der Waals surface area contributed by atoms with Gasteiger partial charge in [0.25, 0.3) is 5.56 Å². The Morgan fingerprint density at radius 2 is 2.08 bits per heavy atom. The minimum absolute atomic E-state index is 0.104. The fourth-order valence-corrected chi connectivity index (χ4v) is 3.71. The number of benzene rings is 1. The minimum atomic E-state index is -0.104. The number of H-pyrrole nitrogens is 1. The molecule has 7 nitrogen and oxygen atoms in total. The summed E-state index contributed by atoms with van der Waals surface area (Å²) in [5.74, 6) is 2.83. The van der Waals surface area contributed by atoms with Gasteiger partial charge in [0.05, 0.1) is 17.2 Å². The molecule has 3 aromatic heterocycles. The van der Waals surface area contributed by atoms with Crippen molar-refractivity contribution in [2.24, 2.45) is 0 Å². The third-order valence-electron chi connectivity index (χ3n) is 4.01. The molecule has 0 saturated carbocycles. The van der Waals surface area contributed by atoms with Crippen molar-refractivity contribution >= 4 is 22.7 Å². The highest BCUT2D eigenvalue weighted by atomic mass is 32.2. The molecule has 0 fully saturated rings. The molecule has 1 N–H and O–H groups in total. The number of hydrogen-bond acceptors (Lipinski definition) is 6. The molecule has 0 aliphatic carbocycles. The van der Waals surface area contributed by atoms with Gasteiger partial charge in [0.1, 0.15) is 5.82 Å². The Morgan fingerprint density at radius 1 is 1.19 bits per heavy atom. The quantitative estimate of drug-likeness (QED) is 0.527. The zero-order valence-corrected chi connectivity index (χ0v) is 15.0. The molecule has 0 aliphatic rings. The molecule has 0 amide bonds. The molecule has 1 aromatic carbocycles. The first-order valence-electron chi connectivity index (χ1n) is 8.34. The van der Waals surface area contributed by atoms with E-state index in [1.807, 2.05) is 41.8 Å². The zero-order valence-electron chi connectivity index (χ0n) is 14.2. The highest BCUT2D eigenvalue weighted by molar-refractivity contribution is 7.99. The summed E-state index contributed by atoms with van der Waals surface area (Å²) in [6.45, 7) is 2.79. The highest BCUT2D eigenvalue weighted by Gasteiger charge is 2.15. The number of rotatable bonds is 6. The van der Waals surface area contributed by atoms with Crippen LogP contribution in [0.25, 0.3) is 22.5 Å². The van der Waals surface area contributed by atoms with Crippen LogP contribution in [0.1, 0.15) is 12.7 Å². The molecule has 0 aliphatic heterocycles. The van der Waals surface area contributed by atoms with Crippen molar-refractivity contribution in [3.05, 3.63) is 58.8 Å². The standard InChI is InChI=1S/C18H17N5O2S/c1-2-23-16(14-8-5-10-25-14)21-22-18(23)26-11-9-15-19-13-7-4-3-6-12(13)17(24)20-15/h3-8,10H,2,9,11H2,1H3,(H,19,20,24). The van der Waals surface area contributed by atoms with Crippen molar-refractivity contribution in [1.29, 1.82) is 0 Å². The van der Waals surface area contributed by atoms with E-state index < -0.39 is 0 Å². The Morgan fingerprint density at radius 3 is 2.88 bits per heavy atom. The zero-order chi connectivity index (χ0) is 17.9. The van der Waals surface area contributed by atoms with E-state index in [4.69, 9.17) is 4.42 Å². The van der Waals surface area contributed by atoms with Gasteiger partial charge in [-0.25, -0.2) is 4.98 Å². The number of para-hydroxylation sites is 1. The molecule has 4 rings (SSSR count). The second-order valence-corrected chi connectivity index (χ2v) is 6.72. The summed E-state index contributed by atoms with van der Waals surface area (Å²) in [6.07, 6.45) is 2.26. The Bertz CT molecular complexity index is 1080. The Hall–Kier alpha value is -2.87. The van der Waals surface area contributed by atoms with Gasteiger partial charge in [0.15, 0.2) is 16.7 Å². The van der Waals surface area contributed by atoms with Gasteiger partial charge >= 0.3 is 0 Å². The highest BCUT2D eigenvalue weighted by Crippen LogP contribution is 2.24. The molecular formula is C18H17N5O2S. The first-order chi connectivity index (χ1) is 12.8. The molecule has 0 bridgehead atoms. The fraction of sp³-hybridized carbons (Fsp3) is 0.222. The van der Waals surface area contributed by atoms with E-state index >= 15 is 0 Å². The summed E-state index contributed by atoms with van der Waals surface area (Å²) >= 11 is 1.58. The maximum atomic E-state index is 12.1. The van der Waals surface area contributed by atoms with Crippen LogP contribution in [0.5, 0.6) is 0 Å². The SMILES string of the molecule is CCn1c(SCCc2nc3ccccc3c(=O)[nH]2)nnc1-c1ccco1. The molecule has 0 radical (unpaired) electrons. The van der Waals surface area contributed by atoms with Gasteiger partial charge in [0.2, 0.25) is 0 Å². The van der Waals surface area contributed by atoms with E-state index in [-0.39, 0.29) is 5.56 Å². The largest absolute Gasteiger partial charge is 0.461 e. The molecule has 0 saturated heterocycles. The predicted octanol–water partition coefficient (Wildman–Crippen LogP) is 3.13. The average molecular weight is 367 g/mol. The Balaban J connectivity index is 1.49. The first kappa shape index (κ1) is 16.6. The number of aryl methyl sites for hydroxylation is 1. The van der Waals surface area contributed by atoms with Crippen LogP contribution in [-0.4, -0.2) is 30.5 Å². The van der Waals surface area contributed by atoms with Crippen molar-refractivity contribution in [3.63, 3.8) is 0 Å². The molecule has 26 heavy (non-hydrogen) atoms. The second kappa shape index (κ2) is 7.17. The van der Waals surface area contributed by atoms with E-state index in [0.29, 0.717) is 28.9 Å². The smallest absolute Gasteiger partial charge is 0.258 e. The summed E-state index contributed by atoms with van der Waals surface area (Å²) in [7, 11) is 0. The van der Waals surface area contributed by atoms with E-state index in [1.165, 1.54) is 0 Å². The summed E-state index contributed by atoms with van der Waals surface area (Å²) in [5.41, 5.74) is 0.612. The Kier molecular flexibility index (Phi) is 4.57.